The molecular weight excluding hydrogens is 424 g/mol. The average Bonchev–Trinajstić information content (AvgIpc) is 3.45. The van der Waals surface area contributed by atoms with Crippen LogP contribution in [0.25, 0.3) is 26.7 Å². The number of fused-ring (bicyclic) bond motifs is 1. The van der Waals surface area contributed by atoms with Crippen molar-refractivity contribution in [2.45, 2.75) is 13.5 Å². The lowest BCUT2D eigenvalue weighted by Gasteiger charge is -2.11. The molecule has 5 rings (SSSR count). The van der Waals surface area contributed by atoms with Gasteiger partial charge in [0.1, 0.15) is 5.76 Å². The maximum atomic E-state index is 12.7. The predicted octanol–water partition coefficient (Wildman–Crippen LogP) is 4.34. The number of hydrogen-bond donors (Lipinski definition) is 1. The molecule has 0 unspecified atom stereocenters. The summed E-state index contributed by atoms with van der Waals surface area (Å²) >= 11 is 1.54. The van der Waals surface area contributed by atoms with Crippen molar-refractivity contribution in [3.63, 3.8) is 0 Å². The van der Waals surface area contributed by atoms with Crippen molar-refractivity contribution in [1.29, 1.82) is 0 Å². The Balaban J connectivity index is 1.34. The highest BCUT2D eigenvalue weighted by Crippen LogP contribution is 2.31. The fourth-order valence-corrected chi connectivity index (χ4v) is 4.28. The van der Waals surface area contributed by atoms with Gasteiger partial charge in [-0.15, -0.1) is 11.3 Å². The van der Waals surface area contributed by atoms with Crippen LogP contribution in [0.3, 0.4) is 0 Å². The second-order valence-corrected chi connectivity index (χ2v) is 8.21. The number of nitrogens with zero attached hydrogens (tertiary/aromatic N) is 3. The highest BCUT2D eigenvalue weighted by atomic mass is 32.1. The molecule has 3 heterocycles. The first-order chi connectivity index (χ1) is 15.6. The van der Waals surface area contributed by atoms with Crippen molar-refractivity contribution in [3.8, 4) is 16.5 Å². The Morgan fingerprint density at radius 1 is 1.06 bits per heavy atom. The van der Waals surface area contributed by atoms with Gasteiger partial charge in [0.2, 0.25) is 5.43 Å². The largest absolute Gasteiger partial charge is 0.457 e. The summed E-state index contributed by atoms with van der Waals surface area (Å²) in [6.07, 6.45) is 0. The molecule has 0 saturated heterocycles. The minimum absolute atomic E-state index is 0.129. The minimum atomic E-state index is -0.558. The van der Waals surface area contributed by atoms with E-state index in [9.17, 15) is 9.59 Å². The molecule has 0 saturated carbocycles. The number of rotatable bonds is 5. The number of carbonyl (C=O) groups excluding carboxylic acids is 1. The molecule has 2 aromatic carbocycles. The summed E-state index contributed by atoms with van der Waals surface area (Å²) in [5.41, 5.74) is 1.73. The molecule has 7 nitrogen and oxygen atoms in total. The molecule has 0 spiro atoms. The number of furan rings is 1. The lowest BCUT2D eigenvalue weighted by Crippen LogP contribution is -2.31. The van der Waals surface area contributed by atoms with E-state index in [1.165, 1.54) is 6.07 Å². The van der Waals surface area contributed by atoms with E-state index in [0.717, 1.165) is 20.9 Å². The molecular formula is C24H18N4O3S. The Labute approximate surface area is 187 Å². The summed E-state index contributed by atoms with van der Waals surface area (Å²) in [7, 11) is 0. The number of thiazole rings is 1. The van der Waals surface area contributed by atoms with Crippen LogP contribution in [0.1, 0.15) is 21.9 Å². The number of nitrogens with one attached hydrogen (secondary N) is 1. The topological polar surface area (TPSA) is 90.0 Å². The minimum Gasteiger partial charge on any atom is -0.457 e. The number of benzene rings is 2. The maximum Gasteiger partial charge on any atom is 0.276 e. The van der Waals surface area contributed by atoms with Gasteiger partial charge in [-0.1, -0.05) is 30.3 Å². The van der Waals surface area contributed by atoms with Gasteiger partial charge in [0.25, 0.3) is 5.91 Å². The fraction of sp³-hybridized carbons (Fsp3) is 0.0833. The number of para-hydroxylation sites is 2. The smallest absolute Gasteiger partial charge is 0.276 e. The van der Waals surface area contributed by atoms with Crippen molar-refractivity contribution in [2.24, 2.45) is 0 Å². The van der Waals surface area contributed by atoms with Crippen molar-refractivity contribution in [3.05, 3.63) is 100 Å². The van der Waals surface area contributed by atoms with Crippen LogP contribution >= 0.6 is 11.3 Å². The average molecular weight is 443 g/mol. The van der Waals surface area contributed by atoms with E-state index in [2.05, 4.69) is 15.4 Å². The van der Waals surface area contributed by atoms with E-state index >= 15 is 0 Å². The number of hydrogen-bond acceptors (Lipinski definition) is 6. The third-order valence-electron chi connectivity index (χ3n) is 4.91. The van der Waals surface area contributed by atoms with E-state index in [-0.39, 0.29) is 12.2 Å². The molecule has 0 aliphatic heterocycles. The second-order valence-electron chi connectivity index (χ2n) is 7.18. The van der Waals surface area contributed by atoms with Gasteiger partial charge < -0.3 is 9.73 Å². The summed E-state index contributed by atoms with van der Waals surface area (Å²) in [6.45, 7) is 1.90. The molecule has 32 heavy (non-hydrogen) atoms. The molecule has 0 bridgehead atoms. The van der Waals surface area contributed by atoms with Crippen LogP contribution in [-0.4, -0.2) is 20.7 Å². The van der Waals surface area contributed by atoms with Crippen molar-refractivity contribution >= 4 is 27.5 Å². The Hall–Kier alpha value is -4.04. The van der Waals surface area contributed by atoms with Crippen LogP contribution in [0.5, 0.6) is 0 Å². The summed E-state index contributed by atoms with van der Waals surface area (Å²) in [5, 5.41) is 7.78. The molecule has 158 valence electrons. The molecule has 0 aliphatic carbocycles. The fourth-order valence-electron chi connectivity index (χ4n) is 3.35. The van der Waals surface area contributed by atoms with Gasteiger partial charge in [-0.05, 0) is 43.3 Å². The van der Waals surface area contributed by atoms with Crippen LogP contribution in [0.4, 0.5) is 0 Å². The van der Waals surface area contributed by atoms with Gasteiger partial charge >= 0.3 is 0 Å². The standard InChI is InChI=1S/C24H18N4O3S/c1-15-13-19(29)22(27-28(15)16-7-3-2-4-8-16)23(30)25-14-17-11-12-20(31-17)24-26-18-9-5-6-10-21(18)32-24/h2-13H,14H2,1H3,(H,25,30). The van der Waals surface area contributed by atoms with E-state index in [0.29, 0.717) is 17.2 Å². The number of amides is 1. The quantitative estimate of drug-likeness (QED) is 0.437. The number of aromatic nitrogens is 3. The van der Waals surface area contributed by atoms with Crippen LogP contribution < -0.4 is 10.7 Å². The van der Waals surface area contributed by atoms with Gasteiger partial charge in [0, 0.05) is 11.8 Å². The Kier molecular flexibility index (Phi) is 5.12. The summed E-state index contributed by atoms with van der Waals surface area (Å²) in [5.74, 6) is 0.635. The number of carbonyl (C=O) groups is 1. The lowest BCUT2D eigenvalue weighted by molar-refractivity contribution is 0.0940. The van der Waals surface area contributed by atoms with Gasteiger partial charge in [-0.2, -0.15) is 5.10 Å². The van der Waals surface area contributed by atoms with Gasteiger partial charge in [0.15, 0.2) is 16.5 Å². The lowest BCUT2D eigenvalue weighted by atomic mass is 10.2. The molecule has 5 aromatic rings. The molecule has 3 aromatic heterocycles. The first kappa shape index (κ1) is 19.9. The highest BCUT2D eigenvalue weighted by molar-refractivity contribution is 7.21. The normalized spacial score (nSPS) is 11.0. The SMILES string of the molecule is Cc1cc(=O)c(C(=O)NCc2ccc(-c3nc4ccccc4s3)o2)nn1-c1ccccc1. The maximum absolute atomic E-state index is 12.7. The van der Waals surface area contributed by atoms with Crippen LogP contribution in [0, 0.1) is 6.92 Å². The molecule has 0 atom stereocenters. The van der Waals surface area contributed by atoms with E-state index in [1.807, 2.05) is 60.7 Å². The predicted molar refractivity (Wildman–Crippen MR) is 123 cm³/mol. The van der Waals surface area contributed by atoms with Crippen molar-refractivity contribution in [1.82, 2.24) is 20.1 Å². The summed E-state index contributed by atoms with van der Waals surface area (Å²) in [4.78, 5) is 29.7. The molecule has 0 aliphatic rings. The molecule has 0 fully saturated rings. The Bertz CT molecular complexity index is 1450. The van der Waals surface area contributed by atoms with Crippen LogP contribution in [-0.2, 0) is 6.54 Å². The van der Waals surface area contributed by atoms with Crippen LogP contribution in [0.2, 0.25) is 0 Å². The van der Waals surface area contributed by atoms with E-state index in [1.54, 1.807) is 29.0 Å². The monoisotopic (exact) mass is 442 g/mol. The van der Waals surface area contributed by atoms with Crippen LogP contribution in [0.15, 0.2) is 82.0 Å². The van der Waals surface area contributed by atoms with Crippen molar-refractivity contribution < 1.29 is 9.21 Å². The van der Waals surface area contributed by atoms with Gasteiger partial charge in [-0.25, -0.2) is 9.67 Å². The third kappa shape index (κ3) is 3.83. The van der Waals surface area contributed by atoms with Crippen molar-refractivity contribution in [2.75, 3.05) is 0 Å². The molecule has 8 heteroatoms. The highest BCUT2D eigenvalue weighted by Gasteiger charge is 2.16. The van der Waals surface area contributed by atoms with E-state index in [4.69, 9.17) is 4.42 Å². The first-order valence-electron chi connectivity index (χ1n) is 9.98. The molecule has 1 N–H and O–H groups in total. The zero-order valence-electron chi connectivity index (χ0n) is 17.1. The zero-order valence-corrected chi connectivity index (χ0v) is 17.9. The molecule has 1 amide bonds. The van der Waals surface area contributed by atoms with Gasteiger partial charge in [-0.3, -0.25) is 9.59 Å². The zero-order chi connectivity index (χ0) is 22.1. The van der Waals surface area contributed by atoms with E-state index < -0.39 is 11.3 Å². The second kappa shape index (κ2) is 8.24. The Morgan fingerprint density at radius 2 is 1.84 bits per heavy atom. The Morgan fingerprint density at radius 3 is 2.66 bits per heavy atom. The summed E-state index contributed by atoms with van der Waals surface area (Å²) < 4.78 is 8.51. The molecule has 0 radical (unpaired) electrons. The number of aryl methyl sites for hydroxylation is 1. The third-order valence-corrected chi connectivity index (χ3v) is 5.96. The first-order valence-corrected chi connectivity index (χ1v) is 10.8. The van der Waals surface area contributed by atoms with Gasteiger partial charge in [0.05, 0.1) is 22.4 Å². The summed E-state index contributed by atoms with van der Waals surface area (Å²) in [6, 6.07) is 22.2.